The molecule has 1 spiro atoms. The highest BCUT2D eigenvalue weighted by Crippen LogP contribution is 2.41. The molecule has 4 nitrogen and oxygen atoms in total. The molecule has 1 aliphatic heterocycles. The number of hydrogen-bond acceptors (Lipinski definition) is 4. The largest absolute Gasteiger partial charge is 0.462 e. The Bertz CT molecular complexity index is 412. The molecule has 0 N–H and O–H groups in total. The van der Waals surface area contributed by atoms with E-state index >= 15 is 0 Å². The summed E-state index contributed by atoms with van der Waals surface area (Å²) in [6, 6.07) is 0. The second-order valence-electron chi connectivity index (χ2n) is 8.44. The van der Waals surface area contributed by atoms with E-state index in [9.17, 15) is 4.79 Å². The molecular formula is C18H33O4P. The third-order valence-corrected chi connectivity index (χ3v) is 6.30. The molecule has 1 aliphatic carbocycles. The molecule has 3 unspecified atom stereocenters. The summed E-state index contributed by atoms with van der Waals surface area (Å²) in [6.07, 6.45) is 6.23. The van der Waals surface area contributed by atoms with Crippen LogP contribution in [0.5, 0.6) is 0 Å². The van der Waals surface area contributed by atoms with Crippen molar-refractivity contribution in [1.82, 2.24) is 0 Å². The van der Waals surface area contributed by atoms with Crippen LogP contribution >= 0.6 is 8.58 Å². The average Bonchev–Trinajstić information content (AvgIpc) is 2.86. The molecule has 0 aromatic rings. The fourth-order valence-corrected chi connectivity index (χ4v) is 4.69. The van der Waals surface area contributed by atoms with Crippen LogP contribution in [0.2, 0.25) is 0 Å². The number of ether oxygens (including phenoxy) is 3. The van der Waals surface area contributed by atoms with Gasteiger partial charge in [0.25, 0.3) is 0 Å². The summed E-state index contributed by atoms with van der Waals surface area (Å²) in [5.41, 5.74) is 0.107. The summed E-state index contributed by atoms with van der Waals surface area (Å²) in [5.74, 6) is -0.488. The first-order valence-corrected chi connectivity index (χ1v) is 10.4. The summed E-state index contributed by atoms with van der Waals surface area (Å²) in [4.78, 5) is 12.6. The molecule has 2 aliphatic rings. The summed E-state index contributed by atoms with van der Waals surface area (Å²) in [7, 11) is 0.527. The van der Waals surface area contributed by atoms with E-state index in [1.54, 1.807) is 0 Å². The molecule has 0 aromatic carbocycles. The van der Waals surface area contributed by atoms with Gasteiger partial charge in [0, 0.05) is 12.8 Å². The van der Waals surface area contributed by atoms with Crippen LogP contribution in [0.4, 0.5) is 0 Å². The van der Waals surface area contributed by atoms with Crippen molar-refractivity contribution in [2.75, 3.05) is 19.9 Å². The zero-order valence-electron chi connectivity index (χ0n) is 15.4. The van der Waals surface area contributed by atoms with Crippen molar-refractivity contribution >= 4 is 14.6 Å². The molecular weight excluding hydrogens is 311 g/mol. The first-order chi connectivity index (χ1) is 10.7. The SMILES string of the molecule is CPC(C)(CC(C)(C)C)C(=O)OCC1COC2(CCCCC2)O1. The molecule has 0 radical (unpaired) electrons. The van der Waals surface area contributed by atoms with Gasteiger partial charge in [-0.2, -0.15) is 0 Å². The Balaban J connectivity index is 1.84. The summed E-state index contributed by atoms with van der Waals surface area (Å²) in [5, 5.41) is -0.403. The monoisotopic (exact) mass is 344 g/mol. The Morgan fingerprint density at radius 2 is 1.87 bits per heavy atom. The van der Waals surface area contributed by atoms with Crippen molar-refractivity contribution in [3.63, 3.8) is 0 Å². The summed E-state index contributed by atoms with van der Waals surface area (Å²) in [6.45, 7) is 11.5. The number of carbonyl (C=O) groups excluding carboxylic acids is 1. The van der Waals surface area contributed by atoms with Gasteiger partial charge in [-0.15, -0.1) is 8.58 Å². The lowest BCUT2D eigenvalue weighted by molar-refractivity contribution is -0.193. The predicted molar refractivity (Wildman–Crippen MR) is 94.3 cm³/mol. The first kappa shape index (κ1) is 19.1. The standard InChI is InChI=1S/C18H33O4P/c1-16(2,3)13-17(4,23-5)15(19)20-11-14-12-21-18(22-14)9-7-6-8-10-18/h14,23H,6-13H2,1-5H3. The van der Waals surface area contributed by atoms with Gasteiger partial charge in [0.05, 0.1) is 11.8 Å². The molecule has 0 bridgehead atoms. The topological polar surface area (TPSA) is 44.8 Å². The minimum Gasteiger partial charge on any atom is -0.462 e. The van der Waals surface area contributed by atoms with E-state index in [1.807, 2.05) is 6.92 Å². The van der Waals surface area contributed by atoms with Gasteiger partial charge >= 0.3 is 5.97 Å². The van der Waals surface area contributed by atoms with Gasteiger partial charge in [-0.05, 0) is 38.3 Å². The van der Waals surface area contributed by atoms with Crippen LogP contribution < -0.4 is 0 Å². The van der Waals surface area contributed by atoms with Crippen LogP contribution in [0.3, 0.4) is 0 Å². The summed E-state index contributed by atoms with van der Waals surface area (Å²) < 4.78 is 17.6. The van der Waals surface area contributed by atoms with Crippen molar-refractivity contribution < 1.29 is 19.0 Å². The van der Waals surface area contributed by atoms with E-state index in [0.29, 0.717) is 21.8 Å². The van der Waals surface area contributed by atoms with E-state index in [2.05, 4.69) is 27.4 Å². The maximum Gasteiger partial charge on any atom is 0.315 e. The number of hydrogen-bond donors (Lipinski definition) is 0. The third kappa shape index (κ3) is 5.14. The van der Waals surface area contributed by atoms with Gasteiger partial charge in [0.2, 0.25) is 0 Å². The predicted octanol–water partition coefficient (Wildman–Crippen LogP) is 4.11. The summed E-state index contributed by atoms with van der Waals surface area (Å²) >= 11 is 0. The van der Waals surface area contributed by atoms with Crippen molar-refractivity contribution in [2.45, 2.75) is 83.3 Å². The molecule has 1 saturated heterocycles. The first-order valence-electron chi connectivity index (χ1n) is 8.86. The van der Waals surface area contributed by atoms with Crippen LogP contribution in [-0.2, 0) is 19.0 Å². The smallest absolute Gasteiger partial charge is 0.315 e. The third-order valence-electron chi connectivity index (χ3n) is 4.82. The molecule has 1 saturated carbocycles. The maximum atomic E-state index is 12.6. The van der Waals surface area contributed by atoms with Gasteiger partial charge in [-0.3, -0.25) is 4.79 Å². The number of rotatable bonds is 5. The molecule has 0 aromatic heterocycles. The fraction of sp³-hybridized carbons (Fsp3) is 0.944. The zero-order chi connectivity index (χ0) is 17.1. The second kappa shape index (κ2) is 7.37. The van der Waals surface area contributed by atoms with E-state index in [4.69, 9.17) is 14.2 Å². The van der Waals surface area contributed by atoms with Crippen LogP contribution in [-0.4, -0.2) is 42.9 Å². The van der Waals surface area contributed by atoms with Crippen LogP contribution in [0.1, 0.15) is 66.2 Å². The quantitative estimate of drug-likeness (QED) is 0.556. The Morgan fingerprint density at radius 3 is 2.43 bits per heavy atom. The Hall–Kier alpha value is -0.180. The van der Waals surface area contributed by atoms with Crippen molar-refractivity contribution in [3.8, 4) is 0 Å². The van der Waals surface area contributed by atoms with Gasteiger partial charge in [0.15, 0.2) is 5.79 Å². The van der Waals surface area contributed by atoms with Crippen molar-refractivity contribution in [2.24, 2.45) is 5.41 Å². The highest BCUT2D eigenvalue weighted by atomic mass is 31.1. The second-order valence-corrected chi connectivity index (χ2v) is 10.0. The average molecular weight is 344 g/mol. The van der Waals surface area contributed by atoms with Crippen LogP contribution in [0, 0.1) is 5.41 Å². The van der Waals surface area contributed by atoms with Gasteiger partial charge < -0.3 is 14.2 Å². The number of esters is 1. The zero-order valence-corrected chi connectivity index (χ0v) is 16.4. The van der Waals surface area contributed by atoms with Gasteiger partial charge in [0.1, 0.15) is 12.7 Å². The lowest BCUT2D eigenvalue weighted by Crippen LogP contribution is -2.38. The fourth-order valence-electron chi connectivity index (χ4n) is 3.70. The molecule has 134 valence electrons. The minimum atomic E-state index is -0.403. The molecule has 2 fully saturated rings. The lowest BCUT2D eigenvalue weighted by Gasteiger charge is -2.33. The van der Waals surface area contributed by atoms with E-state index in [0.717, 1.165) is 32.1 Å². The highest BCUT2D eigenvalue weighted by molar-refractivity contribution is 7.40. The Morgan fingerprint density at radius 1 is 1.22 bits per heavy atom. The van der Waals surface area contributed by atoms with E-state index in [1.165, 1.54) is 6.42 Å². The molecule has 0 amide bonds. The highest BCUT2D eigenvalue weighted by Gasteiger charge is 2.43. The molecule has 23 heavy (non-hydrogen) atoms. The maximum absolute atomic E-state index is 12.6. The van der Waals surface area contributed by atoms with E-state index in [-0.39, 0.29) is 17.5 Å². The minimum absolute atomic E-state index is 0.0959. The van der Waals surface area contributed by atoms with Gasteiger partial charge in [-0.1, -0.05) is 27.2 Å². The Labute approximate surface area is 142 Å². The molecule has 2 rings (SSSR count). The lowest BCUT2D eigenvalue weighted by atomic mass is 9.85. The molecule has 1 heterocycles. The van der Waals surface area contributed by atoms with Crippen molar-refractivity contribution in [1.29, 1.82) is 0 Å². The van der Waals surface area contributed by atoms with Crippen molar-refractivity contribution in [3.05, 3.63) is 0 Å². The van der Waals surface area contributed by atoms with Gasteiger partial charge in [-0.25, -0.2) is 0 Å². The van der Waals surface area contributed by atoms with Crippen LogP contribution in [0.15, 0.2) is 0 Å². The molecule has 3 atom stereocenters. The normalized spacial score (nSPS) is 27.4. The van der Waals surface area contributed by atoms with Crippen LogP contribution in [0.25, 0.3) is 0 Å². The van der Waals surface area contributed by atoms with E-state index < -0.39 is 10.9 Å². The number of carbonyl (C=O) groups is 1. The molecule has 5 heteroatoms. The Kier molecular flexibility index (Phi) is 6.14.